The second-order valence-electron chi connectivity index (χ2n) is 6.14. The molecule has 130 valence electrons. The monoisotopic (exact) mass is 335 g/mol. The zero-order chi connectivity index (χ0) is 16.9. The van der Waals surface area contributed by atoms with Crippen LogP contribution in [0, 0.1) is 5.82 Å². The van der Waals surface area contributed by atoms with Crippen molar-refractivity contribution in [3.05, 3.63) is 35.6 Å². The third-order valence-corrected chi connectivity index (χ3v) is 4.47. The number of morpholine rings is 1. The van der Waals surface area contributed by atoms with Crippen LogP contribution in [-0.2, 0) is 9.53 Å². The maximum Gasteiger partial charge on any atom is 0.256 e. The molecule has 6 nitrogen and oxygen atoms in total. The molecule has 0 aromatic heterocycles. The van der Waals surface area contributed by atoms with Gasteiger partial charge in [-0.15, -0.1) is 0 Å². The molecule has 0 spiro atoms. The van der Waals surface area contributed by atoms with Crippen molar-refractivity contribution in [2.75, 3.05) is 32.8 Å². The maximum atomic E-state index is 13.7. The van der Waals surface area contributed by atoms with Gasteiger partial charge in [0.1, 0.15) is 11.9 Å². The van der Waals surface area contributed by atoms with Crippen LogP contribution < -0.4 is 10.6 Å². The molecule has 2 aliphatic heterocycles. The molecular formula is C17H22FN3O3. The first-order chi connectivity index (χ1) is 11.6. The zero-order valence-corrected chi connectivity index (χ0v) is 13.5. The molecule has 2 fully saturated rings. The van der Waals surface area contributed by atoms with E-state index >= 15 is 0 Å². The van der Waals surface area contributed by atoms with Crippen LogP contribution in [0.15, 0.2) is 24.3 Å². The van der Waals surface area contributed by atoms with E-state index in [9.17, 15) is 14.0 Å². The van der Waals surface area contributed by atoms with Gasteiger partial charge in [0.2, 0.25) is 5.91 Å². The second-order valence-corrected chi connectivity index (χ2v) is 6.14. The summed E-state index contributed by atoms with van der Waals surface area (Å²) < 4.78 is 19.0. The summed E-state index contributed by atoms with van der Waals surface area (Å²) in [5.41, 5.74) is 0.100. The van der Waals surface area contributed by atoms with Crippen molar-refractivity contribution in [1.29, 1.82) is 0 Å². The first-order valence-corrected chi connectivity index (χ1v) is 8.30. The number of halogens is 1. The van der Waals surface area contributed by atoms with Gasteiger partial charge in [-0.25, -0.2) is 4.39 Å². The minimum absolute atomic E-state index is 0.0332. The molecule has 3 rings (SSSR count). The average molecular weight is 335 g/mol. The molecule has 2 aliphatic rings. The lowest BCUT2D eigenvalue weighted by Gasteiger charge is -2.33. The van der Waals surface area contributed by atoms with E-state index in [1.807, 2.05) is 0 Å². The van der Waals surface area contributed by atoms with Gasteiger partial charge in [0.15, 0.2) is 0 Å². The number of rotatable bonds is 3. The van der Waals surface area contributed by atoms with Crippen molar-refractivity contribution < 1.29 is 18.7 Å². The van der Waals surface area contributed by atoms with Gasteiger partial charge < -0.3 is 20.3 Å². The Balaban J connectivity index is 1.49. The summed E-state index contributed by atoms with van der Waals surface area (Å²) in [6.07, 6.45) is 1.33. The normalized spacial score (nSPS) is 22.2. The minimum atomic E-state index is -0.499. The molecular weight excluding hydrogens is 313 g/mol. The van der Waals surface area contributed by atoms with Crippen LogP contribution in [-0.4, -0.2) is 61.6 Å². The molecule has 24 heavy (non-hydrogen) atoms. The Morgan fingerprint density at radius 2 is 2.00 bits per heavy atom. The molecule has 2 amide bonds. The largest absolute Gasteiger partial charge is 0.378 e. The van der Waals surface area contributed by atoms with Gasteiger partial charge in [0.05, 0.1) is 18.8 Å². The Kier molecular flexibility index (Phi) is 5.42. The number of benzene rings is 1. The highest BCUT2D eigenvalue weighted by Gasteiger charge is 2.28. The molecule has 0 saturated carbocycles. The highest BCUT2D eigenvalue weighted by atomic mass is 19.1. The fourth-order valence-electron chi connectivity index (χ4n) is 3.07. The molecule has 1 aromatic rings. The average Bonchev–Trinajstić information content (AvgIpc) is 2.63. The minimum Gasteiger partial charge on any atom is -0.378 e. The molecule has 1 unspecified atom stereocenters. The number of hydrogen-bond acceptors (Lipinski definition) is 4. The van der Waals surface area contributed by atoms with Crippen molar-refractivity contribution in [3.8, 4) is 0 Å². The number of carbonyl (C=O) groups excluding carboxylic acids is 2. The van der Waals surface area contributed by atoms with Gasteiger partial charge in [-0.3, -0.25) is 9.59 Å². The summed E-state index contributed by atoms with van der Waals surface area (Å²) >= 11 is 0. The van der Waals surface area contributed by atoms with E-state index in [0.29, 0.717) is 45.7 Å². The Morgan fingerprint density at radius 3 is 2.67 bits per heavy atom. The quantitative estimate of drug-likeness (QED) is 0.846. The third kappa shape index (κ3) is 3.91. The number of nitrogens with one attached hydrogen (secondary N) is 2. The van der Waals surface area contributed by atoms with Gasteiger partial charge in [-0.05, 0) is 25.0 Å². The predicted octanol–water partition coefficient (Wildman–Crippen LogP) is 0.535. The number of hydrogen-bond donors (Lipinski definition) is 2. The number of likely N-dealkylation sites (tertiary alicyclic amines) is 1. The lowest BCUT2D eigenvalue weighted by atomic mass is 10.0. The highest BCUT2D eigenvalue weighted by molar-refractivity contribution is 5.94. The smallest absolute Gasteiger partial charge is 0.256 e. The van der Waals surface area contributed by atoms with Gasteiger partial charge >= 0.3 is 0 Å². The Labute approximate surface area is 140 Å². The summed E-state index contributed by atoms with van der Waals surface area (Å²) in [6, 6.07) is 5.74. The fraction of sp³-hybridized carbons (Fsp3) is 0.529. The van der Waals surface area contributed by atoms with E-state index in [2.05, 4.69) is 10.6 Å². The molecule has 2 N–H and O–H groups in total. The number of carbonyl (C=O) groups is 2. The van der Waals surface area contributed by atoms with Crippen LogP contribution >= 0.6 is 0 Å². The molecule has 0 radical (unpaired) electrons. The van der Waals surface area contributed by atoms with Crippen LogP contribution in [0.1, 0.15) is 23.2 Å². The van der Waals surface area contributed by atoms with Gasteiger partial charge in [-0.1, -0.05) is 12.1 Å². The summed E-state index contributed by atoms with van der Waals surface area (Å²) in [4.78, 5) is 26.2. The SMILES string of the molecule is O=C(NC1CCN(C(=O)c2ccccc2F)CC1)C1COCCN1. The maximum absolute atomic E-state index is 13.7. The topological polar surface area (TPSA) is 70.7 Å². The summed E-state index contributed by atoms with van der Waals surface area (Å²) in [6.45, 7) is 2.70. The lowest BCUT2D eigenvalue weighted by molar-refractivity contribution is -0.126. The summed E-state index contributed by atoms with van der Waals surface area (Å²) in [5, 5.41) is 6.13. The molecule has 0 aliphatic carbocycles. The lowest BCUT2D eigenvalue weighted by Crippen LogP contribution is -2.55. The van der Waals surface area contributed by atoms with Gasteiger partial charge in [0.25, 0.3) is 5.91 Å². The number of piperidine rings is 1. The van der Waals surface area contributed by atoms with Crippen LogP contribution in [0.25, 0.3) is 0 Å². The molecule has 2 saturated heterocycles. The van der Waals surface area contributed by atoms with Crippen LogP contribution in [0.2, 0.25) is 0 Å². The van der Waals surface area contributed by atoms with Gasteiger partial charge in [-0.2, -0.15) is 0 Å². The van der Waals surface area contributed by atoms with E-state index in [1.54, 1.807) is 17.0 Å². The summed E-state index contributed by atoms with van der Waals surface area (Å²) in [5.74, 6) is -0.852. The summed E-state index contributed by atoms with van der Waals surface area (Å²) in [7, 11) is 0. The predicted molar refractivity (Wildman–Crippen MR) is 86.1 cm³/mol. The first-order valence-electron chi connectivity index (χ1n) is 8.30. The van der Waals surface area contributed by atoms with Crippen molar-refractivity contribution in [1.82, 2.24) is 15.5 Å². The molecule has 1 aromatic carbocycles. The van der Waals surface area contributed by atoms with Crippen LogP contribution in [0.3, 0.4) is 0 Å². The van der Waals surface area contributed by atoms with Crippen LogP contribution in [0.4, 0.5) is 4.39 Å². The van der Waals surface area contributed by atoms with E-state index in [4.69, 9.17) is 4.74 Å². The molecule has 1 atom stereocenters. The Bertz CT molecular complexity index is 596. The first kappa shape index (κ1) is 16.9. The molecule has 7 heteroatoms. The highest BCUT2D eigenvalue weighted by Crippen LogP contribution is 2.16. The standard InChI is InChI=1S/C17H22FN3O3/c18-14-4-2-1-3-13(14)17(23)21-8-5-12(6-9-21)20-16(22)15-11-24-10-7-19-15/h1-4,12,15,19H,5-11H2,(H,20,22). The Hall–Kier alpha value is -1.99. The fourth-order valence-corrected chi connectivity index (χ4v) is 3.07. The molecule has 2 heterocycles. The third-order valence-electron chi connectivity index (χ3n) is 4.47. The van der Waals surface area contributed by atoms with Crippen LogP contribution in [0.5, 0.6) is 0 Å². The van der Waals surface area contributed by atoms with E-state index in [0.717, 1.165) is 0 Å². The van der Waals surface area contributed by atoms with Crippen molar-refractivity contribution in [3.63, 3.8) is 0 Å². The number of nitrogens with zero attached hydrogens (tertiary/aromatic N) is 1. The van der Waals surface area contributed by atoms with Crippen molar-refractivity contribution in [2.45, 2.75) is 24.9 Å². The molecule has 0 bridgehead atoms. The second kappa shape index (κ2) is 7.72. The number of ether oxygens (including phenoxy) is 1. The zero-order valence-electron chi connectivity index (χ0n) is 13.5. The van der Waals surface area contributed by atoms with Crippen molar-refractivity contribution in [2.24, 2.45) is 0 Å². The van der Waals surface area contributed by atoms with E-state index in [-0.39, 0.29) is 29.5 Å². The van der Waals surface area contributed by atoms with E-state index < -0.39 is 5.82 Å². The van der Waals surface area contributed by atoms with Gasteiger partial charge in [0, 0.05) is 25.7 Å². The Morgan fingerprint density at radius 1 is 1.25 bits per heavy atom. The van der Waals surface area contributed by atoms with Crippen molar-refractivity contribution >= 4 is 11.8 Å². The van der Waals surface area contributed by atoms with E-state index in [1.165, 1.54) is 12.1 Å². The number of amides is 2.